The lowest BCUT2D eigenvalue weighted by atomic mass is 9.89. The molecule has 3 N–H and O–H groups in total. The highest BCUT2D eigenvalue weighted by Gasteiger charge is 2.49. The first-order valence-corrected chi connectivity index (χ1v) is 7.29. The minimum Gasteiger partial charge on any atom is -0.368 e. The molecule has 2 aliphatic carbocycles. The first kappa shape index (κ1) is 13.8. The average molecular weight is 253 g/mol. The van der Waals surface area contributed by atoms with Crippen LogP contribution in [0.1, 0.15) is 44.9 Å². The van der Waals surface area contributed by atoms with Crippen LogP contribution in [0.25, 0.3) is 0 Å². The molecule has 0 aromatic heterocycles. The minimum absolute atomic E-state index is 0.185. The predicted octanol–water partition coefficient (Wildman–Crippen LogP) is 1.10. The Kier molecular flexibility index (Phi) is 4.28. The SMILES string of the molecule is CNC(CN(C)C1CCCCC1)(C(N)=O)C1CC1. The summed E-state index contributed by atoms with van der Waals surface area (Å²) in [6.45, 7) is 0.758. The number of primary amides is 1. The van der Waals surface area contributed by atoms with E-state index >= 15 is 0 Å². The monoisotopic (exact) mass is 253 g/mol. The maximum atomic E-state index is 11.9. The first-order valence-electron chi connectivity index (χ1n) is 7.29. The number of likely N-dealkylation sites (N-methyl/N-ethyl adjacent to an activating group) is 2. The number of nitrogens with zero attached hydrogens (tertiary/aromatic N) is 1. The van der Waals surface area contributed by atoms with Gasteiger partial charge in [0.25, 0.3) is 0 Å². The zero-order valence-corrected chi connectivity index (χ0v) is 11.7. The van der Waals surface area contributed by atoms with Crippen molar-refractivity contribution in [3.05, 3.63) is 0 Å². The molecule has 2 fully saturated rings. The summed E-state index contributed by atoms with van der Waals surface area (Å²) in [6.07, 6.45) is 8.78. The van der Waals surface area contributed by atoms with Crippen molar-refractivity contribution >= 4 is 5.91 Å². The van der Waals surface area contributed by atoms with E-state index in [-0.39, 0.29) is 5.91 Å². The van der Waals surface area contributed by atoms with Crippen LogP contribution in [-0.2, 0) is 4.79 Å². The van der Waals surface area contributed by atoms with E-state index in [1.165, 1.54) is 32.1 Å². The number of carbonyl (C=O) groups excluding carboxylic acids is 1. The largest absolute Gasteiger partial charge is 0.368 e. The van der Waals surface area contributed by atoms with Crippen LogP contribution < -0.4 is 11.1 Å². The summed E-state index contributed by atoms with van der Waals surface area (Å²) in [4.78, 5) is 14.2. The van der Waals surface area contributed by atoms with Gasteiger partial charge < -0.3 is 16.0 Å². The van der Waals surface area contributed by atoms with E-state index in [4.69, 9.17) is 5.73 Å². The van der Waals surface area contributed by atoms with Crippen molar-refractivity contribution in [1.29, 1.82) is 0 Å². The van der Waals surface area contributed by atoms with Gasteiger partial charge in [-0.3, -0.25) is 4.79 Å². The van der Waals surface area contributed by atoms with Crippen LogP contribution in [0.4, 0.5) is 0 Å². The van der Waals surface area contributed by atoms with E-state index in [1.54, 1.807) is 0 Å². The zero-order chi connectivity index (χ0) is 13.2. The Balaban J connectivity index is 2.01. The van der Waals surface area contributed by atoms with Gasteiger partial charge >= 0.3 is 0 Å². The van der Waals surface area contributed by atoms with E-state index in [9.17, 15) is 4.79 Å². The number of hydrogen-bond donors (Lipinski definition) is 2. The van der Waals surface area contributed by atoms with Crippen molar-refractivity contribution in [2.75, 3.05) is 20.6 Å². The van der Waals surface area contributed by atoms with E-state index in [2.05, 4.69) is 17.3 Å². The molecule has 0 aromatic rings. The van der Waals surface area contributed by atoms with Gasteiger partial charge in [0.1, 0.15) is 5.54 Å². The average Bonchev–Trinajstić information content (AvgIpc) is 3.21. The van der Waals surface area contributed by atoms with E-state index < -0.39 is 5.54 Å². The third kappa shape index (κ3) is 2.69. The molecule has 4 heteroatoms. The summed E-state index contributed by atoms with van der Waals surface area (Å²) in [6, 6.07) is 0.629. The minimum atomic E-state index is -0.508. The van der Waals surface area contributed by atoms with Gasteiger partial charge in [-0.05, 0) is 45.7 Å². The van der Waals surface area contributed by atoms with Gasteiger partial charge in [-0.2, -0.15) is 0 Å². The topological polar surface area (TPSA) is 58.4 Å². The van der Waals surface area contributed by atoms with Gasteiger partial charge in [0, 0.05) is 12.6 Å². The van der Waals surface area contributed by atoms with Gasteiger partial charge in [0.2, 0.25) is 5.91 Å². The highest BCUT2D eigenvalue weighted by molar-refractivity contribution is 5.86. The first-order chi connectivity index (χ1) is 8.60. The highest BCUT2D eigenvalue weighted by atomic mass is 16.1. The lowest BCUT2D eigenvalue weighted by molar-refractivity contribution is -0.126. The summed E-state index contributed by atoms with van der Waals surface area (Å²) in [7, 11) is 4.02. The Hall–Kier alpha value is -0.610. The molecule has 2 aliphatic rings. The summed E-state index contributed by atoms with van der Waals surface area (Å²) < 4.78 is 0. The fraction of sp³-hybridized carbons (Fsp3) is 0.929. The van der Waals surface area contributed by atoms with Crippen LogP contribution >= 0.6 is 0 Å². The van der Waals surface area contributed by atoms with Gasteiger partial charge in [0.05, 0.1) is 0 Å². The molecule has 0 spiro atoms. The van der Waals surface area contributed by atoms with Gasteiger partial charge in [-0.25, -0.2) is 0 Å². The lowest BCUT2D eigenvalue weighted by Gasteiger charge is -2.39. The number of nitrogens with two attached hydrogens (primary N) is 1. The van der Waals surface area contributed by atoms with Crippen molar-refractivity contribution in [2.24, 2.45) is 11.7 Å². The molecule has 104 valence electrons. The molecular weight excluding hydrogens is 226 g/mol. The standard InChI is InChI=1S/C14H27N3O/c1-16-14(13(15)18,11-8-9-11)10-17(2)12-6-4-3-5-7-12/h11-12,16H,3-10H2,1-2H3,(H2,15,18). The zero-order valence-electron chi connectivity index (χ0n) is 11.7. The molecule has 1 atom stereocenters. The summed E-state index contributed by atoms with van der Waals surface area (Å²) in [5.41, 5.74) is 5.17. The maximum Gasteiger partial charge on any atom is 0.239 e. The smallest absolute Gasteiger partial charge is 0.239 e. The fourth-order valence-electron chi connectivity index (χ4n) is 3.44. The second-order valence-corrected chi connectivity index (χ2v) is 6.07. The summed E-state index contributed by atoms with van der Waals surface area (Å²) >= 11 is 0. The second-order valence-electron chi connectivity index (χ2n) is 6.07. The number of rotatable bonds is 6. The Morgan fingerprint density at radius 2 is 1.89 bits per heavy atom. The maximum absolute atomic E-state index is 11.9. The van der Waals surface area contributed by atoms with E-state index in [1.807, 2.05) is 7.05 Å². The number of nitrogens with one attached hydrogen (secondary N) is 1. The quantitative estimate of drug-likeness (QED) is 0.745. The van der Waals surface area contributed by atoms with Gasteiger partial charge in [-0.1, -0.05) is 19.3 Å². The van der Waals surface area contributed by atoms with Crippen LogP contribution in [0.2, 0.25) is 0 Å². The van der Waals surface area contributed by atoms with E-state index in [0.717, 1.165) is 19.4 Å². The van der Waals surface area contributed by atoms with E-state index in [0.29, 0.717) is 12.0 Å². The second kappa shape index (κ2) is 5.57. The Labute approximate surface area is 110 Å². The van der Waals surface area contributed by atoms with Crippen LogP contribution in [-0.4, -0.2) is 43.0 Å². The lowest BCUT2D eigenvalue weighted by Crippen LogP contribution is -2.62. The molecule has 1 amide bonds. The molecule has 1 unspecified atom stereocenters. The molecule has 0 bridgehead atoms. The number of carbonyl (C=O) groups is 1. The van der Waals surface area contributed by atoms with Crippen LogP contribution in [0.5, 0.6) is 0 Å². The molecular formula is C14H27N3O. The van der Waals surface area contributed by atoms with Crippen molar-refractivity contribution in [3.63, 3.8) is 0 Å². The number of hydrogen-bond acceptors (Lipinski definition) is 3. The van der Waals surface area contributed by atoms with Crippen LogP contribution in [0.15, 0.2) is 0 Å². The molecule has 2 saturated carbocycles. The van der Waals surface area contributed by atoms with Crippen molar-refractivity contribution in [3.8, 4) is 0 Å². The third-order valence-corrected chi connectivity index (χ3v) is 4.86. The van der Waals surface area contributed by atoms with Crippen molar-refractivity contribution in [2.45, 2.75) is 56.5 Å². The molecule has 0 aromatic carbocycles. The summed E-state index contributed by atoms with van der Waals surface area (Å²) in [5.74, 6) is 0.251. The van der Waals surface area contributed by atoms with Crippen LogP contribution in [0.3, 0.4) is 0 Å². The normalized spacial score (nSPS) is 25.1. The Bertz CT molecular complexity index is 297. The molecule has 0 heterocycles. The molecule has 18 heavy (non-hydrogen) atoms. The molecule has 2 rings (SSSR count). The molecule has 4 nitrogen and oxygen atoms in total. The fourth-order valence-corrected chi connectivity index (χ4v) is 3.44. The van der Waals surface area contributed by atoms with Crippen molar-refractivity contribution in [1.82, 2.24) is 10.2 Å². The van der Waals surface area contributed by atoms with Gasteiger partial charge in [0.15, 0.2) is 0 Å². The third-order valence-electron chi connectivity index (χ3n) is 4.86. The van der Waals surface area contributed by atoms with Crippen molar-refractivity contribution < 1.29 is 4.79 Å². The van der Waals surface area contributed by atoms with Gasteiger partial charge in [-0.15, -0.1) is 0 Å². The predicted molar refractivity (Wildman–Crippen MR) is 73.2 cm³/mol. The number of amides is 1. The molecule has 0 radical (unpaired) electrons. The van der Waals surface area contributed by atoms with Crippen LogP contribution in [0, 0.1) is 5.92 Å². The highest BCUT2D eigenvalue weighted by Crippen LogP contribution is 2.40. The Morgan fingerprint density at radius 3 is 2.33 bits per heavy atom. The Morgan fingerprint density at radius 1 is 1.28 bits per heavy atom. The summed E-state index contributed by atoms with van der Waals surface area (Å²) in [5, 5.41) is 3.23. The molecule has 0 saturated heterocycles. The molecule has 0 aliphatic heterocycles.